The molecule has 114 valence electrons. The SMILES string of the molecule is COc1ncnc2sc(C(C)(C)C)c(-c3ccc(F)cc3)c12. The minimum absolute atomic E-state index is 0.0555. The van der Waals surface area contributed by atoms with Crippen LogP contribution in [0.4, 0.5) is 4.39 Å². The first-order valence-corrected chi connectivity index (χ1v) is 7.81. The van der Waals surface area contributed by atoms with Gasteiger partial charge < -0.3 is 4.74 Å². The van der Waals surface area contributed by atoms with Crippen LogP contribution in [-0.2, 0) is 5.41 Å². The van der Waals surface area contributed by atoms with Crippen LogP contribution in [0.1, 0.15) is 25.6 Å². The third-order valence-corrected chi connectivity index (χ3v) is 4.98. The molecule has 0 aliphatic heterocycles. The van der Waals surface area contributed by atoms with Crippen molar-refractivity contribution in [3.05, 3.63) is 41.3 Å². The van der Waals surface area contributed by atoms with Crippen LogP contribution in [0.25, 0.3) is 21.3 Å². The minimum atomic E-state index is -0.246. The largest absolute Gasteiger partial charge is 0.480 e. The zero-order chi connectivity index (χ0) is 15.9. The molecule has 0 atom stereocenters. The highest BCUT2D eigenvalue weighted by atomic mass is 32.1. The molecule has 3 nitrogen and oxygen atoms in total. The molecule has 22 heavy (non-hydrogen) atoms. The van der Waals surface area contributed by atoms with Crippen molar-refractivity contribution in [2.75, 3.05) is 7.11 Å². The normalized spacial score (nSPS) is 11.9. The lowest BCUT2D eigenvalue weighted by Gasteiger charge is -2.19. The summed E-state index contributed by atoms with van der Waals surface area (Å²) in [5, 5.41) is 0.895. The standard InChI is InChI=1S/C17H17FN2OS/c1-17(2,3)14-12(10-5-7-11(18)8-6-10)13-15(21-4)19-9-20-16(13)22-14/h5-9H,1-4H3. The van der Waals surface area contributed by atoms with Gasteiger partial charge in [0.05, 0.1) is 12.5 Å². The number of benzene rings is 1. The number of fused-ring (bicyclic) bond motifs is 1. The van der Waals surface area contributed by atoms with Crippen LogP contribution in [0, 0.1) is 5.82 Å². The number of halogens is 1. The predicted octanol–water partition coefficient (Wildman–Crippen LogP) is 4.80. The molecule has 0 aliphatic carbocycles. The van der Waals surface area contributed by atoms with E-state index >= 15 is 0 Å². The Kier molecular flexibility index (Phi) is 3.60. The van der Waals surface area contributed by atoms with Crippen LogP contribution in [0.5, 0.6) is 5.88 Å². The van der Waals surface area contributed by atoms with E-state index in [4.69, 9.17) is 4.74 Å². The average Bonchev–Trinajstić information content (AvgIpc) is 2.87. The number of hydrogen-bond donors (Lipinski definition) is 0. The quantitative estimate of drug-likeness (QED) is 0.681. The van der Waals surface area contributed by atoms with Crippen molar-refractivity contribution >= 4 is 21.6 Å². The van der Waals surface area contributed by atoms with Crippen LogP contribution in [0.3, 0.4) is 0 Å². The van der Waals surface area contributed by atoms with Crippen molar-refractivity contribution in [2.45, 2.75) is 26.2 Å². The van der Waals surface area contributed by atoms with Crippen LogP contribution in [-0.4, -0.2) is 17.1 Å². The fourth-order valence-corrected chi connectivity index (χ4v) is 3.69. The maximum absolute atomic E-state index is 13.3. The lowest BCUT2D eigenvalue weighted by molar-refractivity contribution is 0.403. The van der Waals surface area contributed by atoms with Crippen molar-refractivity contribution < 1.29 is 9.13 Å². The first-order chi connectivity index (χ1) is 10.4. The summed E-state index contributed by atoms with van der Waals surface area (Å²) in [5.74, 6) is 0.305. The van der Waals surface area contributed by atoms with E-state index in [0.717, 1.165) is 21.3 Å². The fourth-order valence-electron chi connectivity index (χ4n) is 2.48. The maximum atomic E-state index is 13.3. The third-order valence-electron chi connectivity index (χ3n) is 3.46. The highest BCUT2D eigenvalue weighted by molar-refractivity contribution is 7.19. The molecule has 0 N–H and O–H groups in total. The Morgan fingerprint density at radius 1 is 1.09 bits per heavy atom. The zero-order valence-corrected chi connectivity index (χ0v) is 13.8. The number of rotatable bonds is 2. The molecule has 3 aromatic rings. The van der Waals surface area contributed by atoms with Gasteiger partial charge >= 0.3 is 0 Å². The van der Waals surface area contributed by atoms with Crippen LogP contribution < -0.4 is 4.74 Å². The molecule has 0 spiro atoms. The Morgan fingerprint density at radius 3 is 2.36 bits per heavy atom. The highest BCUT2D eigenvalue weighted by Gasteiger charge is 2.26. The van der Waals surface area contributed by atoms with E-state index < -0.39 is 0 Å². The van der Waals surface area contributed by atoms with Gasteiger partial charge in [-0.05, 0) is 23.1 Å². The summed E-state index contributed by atoms with van der Waals surface area (Å²) in [4.78, 5) is 10.7. The summed E-state index contributed by atoms with van der Waals surface area (Å²) >= 11 is 1.63. The third kappa shape index (κ3) is 2.46. The summed E-state index contributed by atoms with van der Waals surface area (Å²) in [6, 6.07) is 6.53. The van der Waals surface area contributed by atoms with Gasteiger partial charge in [0, 0.05) is 10.4 Å². The van der Waals surface area contributed by atoms with Crippen molar-refractivity contribution in [1.82, 2.24) is 9.97 Å². The Labute approximate surface area is 132 Å². The van der Waals surface area contributed by atoms with Gasteiger partial charge in [-0.3, -0.25) is 0 Å². The minimum Gasteiger partial charge on any atom is -0.480 e. The van der Waals surface area contributed by atoms with E-state index in [1.54, 1.807) is 30.6 Å². The second-order valence-electron chi connectivity index (χ2n) is 6.13. The average molecular weight is 316 g/mol. The van der Waals surface area contributed by atoms with Crippen molar-refractivity contribution in [1.29, 1.82) is 0 Å². The molecular weight excluding hydrogens is 299 g/mol. The summed E-state index contributed by atoms with van der Waals surface area (Å²) in [6.45, 7) is 6.47. The van der Waals surface area contributed by atoms with Crippen molar-refractivity contribution in [3.8, 4) is 17.0 Å². The van der Waals surface area contributed by atoms with E-state index in [-0.39, 0.29) is 11.2 Å². The lowest BCUT2D eigenvalue weighted by Crippen LogP contribution is -2.10. The van der Waals surface area contributed by atoms with Gasteiger partial charge in [-0.25, -0.2) is 14.4 Å². The van der Waals surface area contributed by atoms with Gasteiger partial charge in [-0.15, -0.1) is 11.3 Å². The van der Waals surface area contributed by atoms with Gasteiger partial charge in [0.15, 0.2) is 0 Å². The topological polar surface area (TPSA) is 35.0 Å². The number of nitrogens with zero attached hydrogens (tertiary/aromatic N) is 2. The molecule has 2 heterocycles. The van der Waals surface area contributed by atoms with Gasteiger partial charge in [0.2, 0.25) is 5.88 Å². The second kappa shape index (κ2) is 5.32. The number of thiophene rings is 1. The van der Waals surface area contributed by atoms with Gasteiger partial charge in [-0.1, -0.05) is 32.9 Å². The number of aromatic nitrogens is 2. The molecule has 0 fully saturated rings. The summed E-state index contributed by atoms with van der Waals surface area (Å²) in [7, 11) is 1.60. The molecule has 5 heteroatoms. The summed E-state index contributed by atoms with van der Waals surface area (Å²) in [6.07, 6.45) is 1.51. The van der Waals surface area contributed by atoms with Crippen LogP contribution >= 0.6 is 11.3 Å². The number of ether oxygens (including phenoxy) is 1. The Balaban J connectivity index is 2.40. The number of hydrogen-bond acceptors (Lipinski definition) is 4. The lowest BCUT2D eigenvalue weighted by atomic mass is 9.88. The second-order valence-corrected chi connectivity index (χ2v) is 7.13. The molecule has 0 bridgehead atoms. The molecule has 1 aromatic carbocycles. The highest BCUT2D eigenvalue weighted by Crippen LogP contribution is 2.46. The van der Waals surface area contributed by atoms with E-state index in [0.29, 0.717) is 5.88 Å². The Bertz CT molecular complexity index is 819. The van der Waals surface area contributed by atoms with Gasteiger partial charge in [-0.2, -0.15) is 0 Å². The monoisotopic (exact) mass is 316 g/mol. The van der Waals surface area contributed by atoms with Crippen LogP contribution in [0.2, 0.25) is 0 Å². The van der Waals surface area contributed by atoms with Gasteiger partial charge in [0.25, 0.3) is 0 Å². The number of methoxy groups -OCH3 is 1. The maximum Gasteiger partial charge on any atom is 0.225 e. The van der Waals surface area contributed by atoms with E-state index in [9.17, 15) is 4.39 Å². The molecule has 0 aliphatic rings. The molecule has 0 radical (unpaired) electrons. The van der Waals surface area contributed by atoms with E-state index in [1.807, 2.05) is 0 Å². The molecule has 0 saturated heterocycles. The summed E-state index contributed by atoms with van der Waals surface area (Å²) in [5.41, 5.74) is 1.93. The molecule has 3 rings (SSSR count). The molecule has 0 unspecified atom stereocenters. The fraction of sp³-hybridized carbons (Fsp3) is 0.294. The first-order valence-electron chi connectivity index (χ1n) is 6.99. The van der Waals surface area contributed by atoms with Gasteiger partial charge in [0.1, 0.15) is 17.0 Å². The molecular formula is C17H17FN2OS. The van der Waals surface area contributed by atoms with E-state index in [2.05, 4.69) is 30.7 Å². The Morgan fingerprint density at radius 2 is 1.77 bits per heavy atom. The van der Waals surface area contributed by atoms with Crippen LogP contribution in [0.15, 0.2) is 30.6 Å². The molecule has 0 saturated carbocycles. The van der Waals surface area contributed by atoms with E-state index in [1.165, 1.54) is 23.3 Å². The molecule has 0 amide bonds. The molecule has 2 aromatic heterocycles. The van der Waals surface area contributed by atoms with Crippen molar-refractivity contribution in [2.24, 2.45) is 0 Å². The zero-order valence-electron chi connectivity index (χ0n) is 13.0. The predicted molar refractivity (Wildman–Crippen MR) is 88.1 cm³/mol. The smallest absolute Gasteiger partial charge is 0.225 e. The Hall–Kier alpha value is -2.01. The summed E-state index contributed by atoms with van der Waals surface area (Å²) < 4.78 is 18.7. The first kappa shape index (κ1) is 14.9. The van der Waals surface area contributed by atoms with Crippen molar-refractivity contribution in [3.63, 3.8) is 0 Å².